The van der Waals surface area contributed by atoms with Gasteiger partial charge in [-0.2, -0.15) is 0 Å². The number of carbonyl (C=O) groups excluding carboxylic acids is 2. The first kappa shape index (κ1) is 29.2. The third-order valence-corrected chi connectivity index (χ3v) is 12.1. The highest BCUT2D eigenvalue weighted by atomic mass is 32.1. The van der Waals surface area contributed by atoms with Crippen LogP contribution in [-0.4, -0.2) is 67.0 Å². The van der Waals surface area contributed by atoms with Gasteiger partial charge in [-0.25, -0.2) is 14.4 Å². The summed E-state index contributed by atoms with van der Waals surface area (Å²) in [5, 5.41) is 14.9. The van der Waals surface area contributed by atoms with Crippen LogP contribution in [0.5, 0.6) is 0 Å². The number of carbonyl (C=O) groups is 2. The van der Waals surface area contributed by atoms with Crippen molar-refractivity contribution in [3.05, 3.63) is 88.2 Å². The molecule has 1 atom stereocenters. The highest BCUT2D eigenvalue weighted by molar-refractivity contribution is 7.13. The molecular weight excluding hydrogens is 616 g/mol. The van der Waals surface area contributed by atoms with Gasteiger partial charge < -0.3 is 19.5 Å². The number of anilines is 1. The largest absolute Gasteiger partial charge is 0.393 e. The third-order valence-electron chi connectivity index (χ3n) is 11.4. The zero-order valence-electron chi connectivity index (χ0n) is 26.1. The van der Waals surface area contributed by atoms with Crippen LogP contribution < -0.4 is 5.32 Å². The Kier molecular flexibility index (Phi) is 6.71. The Morgan fingerprint density at radius 2 is 1.87 bits per heavy atom. The topological polar surface area (TPSA) is 104 Å². The van der Waals surface area contributed by atoms with Crippen LogP contribution >= 0.6 is 11.3 Å². The Bertz CT molecular complexity index is 1860. The molecule has 2 amide bonds. The van der Waals surface area contributed by atoms with Crippen LogP contribution in [0.25, 0.3) is 11.1 Å². The number of nitrogens with zero attached hydrogens (tertiary/aromatic N) is 5. The molecule has 47 heavy (non-hydrogen) atoms. The molecule has 4 fully saturated rings. The van der Waals surface area contributed by atoms with Gasteiger partial charge in [-0.3, -0.25) is 14.9 Å². The molecule has 2 N–H and O–H groups in total. The number of likely N-dealkylation sites (tertiary alicyclic amines) is 1. The molecule has 2 aromatic carbocycles. The molecule has 2 aromatic heterocycles. The number of aryl methyl sites for hydroxylation is 1. The predicted molar refractivity (Wildman–Crippen MR) is 175 cm³/mol. The molecule has 3 aliphatic carbocycles. The summed E-state index contributed by atoms with van der Waals surface area (Å²) >= 11 is 1.30. The summed E-state index contributed by atoms with van der Waals surface area (Å²) in [6, 6.07) is 10.7. The SMILES string of the molecule is O=C(Nc1nccs1)[C@@H](c1ncn2c1CCC2)N1Cc2c(F)cc(-c3ccc(C45CC(CN6CCC(O)CC6)(C4)C5)cc3)cc2C1=O. The number of piperidine rings is 1. The van der Waals surface area contributed by atoms with Crippen molar-refractivity contribution in [1.82, 2.24) is 24.3 Å². The summed E-state index contributed by atoms with van der Waals surface area (Å²) in [6.07, 6.45) is 10.3. The van der Waals surface area contributed by atoms with E-state index in [4.69, 9.17) is 0 Å². The zero-order valence-corrected chi connectivity index (χ0v) is 26.9. The van der Waals surface area contributed by atoms with Crippen molar-refractivity contribution >= 4 is 28.3 Å². The van der Waals surface area contributed by atoms with E-state index in [0.29, 0.717) is 32.9 Å². The highest BCUT2D eigenvalue weighted by Gasteiger charge is 2.68. The summed E-state index contributed by atoms with van der Waals surface area (Å²) in [5.41, 5.74) is 5.59. The number of hydrogen-bond acceptors (Lipinski definition) is 7. The number of rotatable bonds is 8. The van der Waals surface area contributed by atoms with E-state index in [0.717, 1.165) is 63.1 Å². The molecule has 3 saturated carbocycles. The van der Waals surface area contributed by atoms with E-state index in [-0.39, 0.29) is 24.0 Å². The van der Waals surface area contributed by atoms with E-state index in [9.17, 15) is 14.7 Å². The molecular formula is C36H37FN6O3S. The van der Waals surface area contributed by atoms with Gasteiger partial charge in [-0.1, -0.05) is 24.3 Å². The van der Waals surface area contributed by atoms with Crippen LogP contribution in [0.2, 0.25) is 0 Å². The Labute approximate surface area is 276 Å². The van der Waals surface area contributed by atoms with Crippen molar-refractivity contribution in [2.45, 2.75) is 75.6 Å². The molecule has 10 rings (SSSR count). The molecule has 11 heteroatoms. The lowest BCUT2D eigenvalue weighted by Crippen LogP contribution is -2.68. The molecule has 0 spiro atoms. The minimum atomic E-state index is -1.01. The molecule has 5 heterocycles. The smallest absolute Gasteiger partial charge is 0.255 e. The second kappa shape index (κ2) is 10.8. The van der Waals surface area contributed by atoms with Crippen LogP contribution in [0.1, 0.15) is 77.4 Å². The van der Waals surface area contributed by atoms with E-state index < -0.39 is 17.8 Å². The molecule has 242 valence electrons. The number of fused-ring (bicyclic) bond motifs is 2. The average Bonchev–Trinajstić information content (AvgIpc) is 3.84. The minimum Gasteiger partial charge on any atom is -0.393 e. The van der Waals surface area contributed by atoms with E-state index in [2.05, 4.69) is 32.3 Å². The van der Waals surface area contributed by atoms with Crippen LogP contribution in [0.4, 0.5) is 9.52 Å². The quantitative estimate of drug-likeness (QED) is 0.268. The third kappa shape index (κ3) is 4.76. The normalized spacial score (nSPS) is 25.7. The molecule has 3 aliphatic heterocycles. The summed E-state index contributed by atoms with van der Waals surface area (Å²) in [7, 11) is 0. The first-order valence-electron chi connectivity index (χ1n) is 16.7. The Balaban J connectivity index is 0.941. The number of aliphatic hydroxyl groups excluding tert-OH is 1. The minimum absolute atomic E-state index is 0.0102. The zero-order chi connectivity index (χ0) is 31.9. The molecule has 4 aromatic rings. The van der Waals surface area contributed by atoms with Crippen LogP contribution in [0.3, 0.4) is 0 Å². The van der Waals surface area contributed by atoms with Gasteiger partial charge in [-0.15, -0.1) is 11.3 Å². The maximum absolute atomic E-state index is 15.8. The number of benzene rings is 2. The van der Waals surface area contributed by atoms with Crippen molar-refractivity contribution < 1.29 is 19.1 Å². The summed E-state index contributed by atoms with van der Waals surface area (Å²) < 4.78 is 17.8. The van der Waals surface area contributed by atoms with Crippen LogP contribution in [0, 0.1) is 11.2 Å². The number of aromatic nitrogens is 3. The lowest BCUT2D eigenvalue weighted by atomic mass is 9.33. The Hall–Kier alpha value is -3.93. The summed E-state index contributed by atoms with van der Waals surface area (Å²) in [6.45, 7) is 3.93. The van der Waals surface area contributed by atoms with Gasteiger partial charge in [0.25, 0.3) is 11.8 Å². The monoisotopic (exact) mass is 652 g/mol. The number of hydrogen-bond donors (Lipinski definition) is 2. The van der Waals surface area contributed by atoms with Gasteiger partial charge in [0.2, 0.25) is 0 Å². The Morgan fingerprint density at radius 1 is 1.09 bits per heavy atom. The fourth-order valence-electron chi connectivity index (χ4n) is 9.21. The number of imidazole rings is 1. The number of nitrogens with one attached hydrogen (secondary N) is 1. The van der Waals surface area contributed by atoms with Crippen LogP contribution in [0.15, 0.2) is 54.3 Å². The molecule has 6 aliphatic rings. The van der Waals surface area contributed by atoms with Crippen molar-refractivity contribution in [3.8, 4) is 11.1 Å². The van der Waals surface area contributed by atoms with E-state index >= 15 is 4.39 Å². The van der Waals surface area contributed by atoms with Gasteiger partial charge >= 0.3 is 0 Å². The summed E-state index contributed by atoms with van der Waals surface area (Å²) in [5.74, 6) is -1.23. The molecule has 1 saturated heterocycles. The lowest BCUT2D eigenvalue weighted by molar-refractivity contribution is -0.159. The highest BCUT2D eigenvalue weighted by Crippen LogP contribution is 2.73. The molecule has 2 bridgehead atoms. The predicted octanol–water partition coefficient (Wildman–Crippen LogP) is 5.31. The van der Waals surface area contributed by atoms with Gasteiger partial charge in [0.15, 0.2) is 11.2 Å². The standard InChI is InChI=1S/C36H37FN6O3S/c37-28-15-23(22-3-5-24(6-4-22)36-17-35(18-36,19-36)20-41-11-7-25(44)8-12-41)14-26-27(28)16-43(33(26)46)31(32(45)40-34-38-9-13-47-34)30-29-2-1-10-42(29)21-39-30/h3-6,9,13-15,21,25,31,44H,1-2,7-8,10-12,16-20H2,(H,38,40,45)/t31-,35?,36?/m1/s1. The number of aliphatic hydroxyl groups is 1. The van der Waals surface area contributed by atoms with E-state index in [1.807, 2.05) is 16.7 Å². The number of amides is 2. The average molecular weight is 653 g/mol. The molecule has 0 unspecified atom stereocenters. The fourth-order valence-corrected chi connectivity index (χ4v) is 9.74. The first-order chi connectivity index (χ1) is 22.8. The van der Waals surface area contributed by atoms with Crippen molar-refractivity contribution in [2.24, 2.45) is 5.41 Å². The maximum Gasteiger partial charge on any atom is 0.255 e. The van der Waals surface area contributed by atoms with Gasteiger partial charge in [-0.05, 0) is 84.6 Å². The van der Waals surface area contributed by atoms with Gasteiger partial charge in [0.1, 0.15) is 5.82 Å². The Morgan fingerprint density at radius 3 is 2.62 bits per heavy atom. The lowest BCUT2D eigenvalue weighted by Gasteiger charge is -2.72. The van der Waals surface area contributed by atoms with Gasteiger partial charge in [0.05, 0.1) is 24.7 Å². The van der Waals surface area contributed by atoms with E-state index in [1.54, 1.807) is 24.0 Å². The van der Waals surface area contributed by atoms with Crippen molar-refractivity contribution in [1.29, 1.82) is 0 Å². The second-order valence-corrected chi connectivity index (χ2v) is 15.3. The first-order valence-corrected chi connectivity index (χ1v) is 17.6. The van der Waals surface area contributed by atoms with Gasteiger partial charge in [0, 0.05) is 54.6 Å². The summed E-state index contributed by atoms with van der Waals surface area (Å²) in [4.78, 5) is 40.5. The van der Waals surface area contributed by atoms with Crippen LogP contribution in [-0.2, 0) is 29.7 Å². The maximum atomic E-state index is 15.8. The van der Waals surface area contributed by atoms with Crippen molar-refractivity contribution in [2.75, 3.05) is 25.0 Å². The van der Waals surface area contributed by atoms with Crippen molar-refractivity contribution in [3.63, 3.8) is 0 Å². The number of halogens is 1. The second-order valence-electron chi connectivity index (χ2n) is 14.4. The molecule has 0 radical (unpaired) electrons. The van der Waals surface area contributed by atoms with E-state index in [1.165, 1.54) is 47.1 Å². The number of thiazole rings is 1. The molecule has 9 nitrogen and oxygen atoms in total. The fraction of sp³-hybridized carbons (Fsp3) is 0.444.